The number of fused-ring (bicyclic) bond motifs is 1. The normalized spacial score (nSPS) is 10.5. The zero-order valence-electron chi connectivity index (χ0n) is 9.05. The van der Waals surface area contributed by atoms with Crippen molar-refractivity contribution >= 4 is 49.9 Å². The number of non-ortho nitro benzene ring substituents is 1. The van der Waals surface area contributed by atoms with Gasteiger partial charge in [-0.05, 0) is 6.07 Å². The van der Waals surface area contributed by atoms with Crippen LogP contribution in [0.25, 0.3) is 10.2 Å². The van der Waals surface area contributed by atoms with Gasteiger partial charge >= 0.3 is 0 Å². The van der Waals surface area contributed by atoms with Crippen LogP contribution in [0, 0.1) is 10.1 Å². The number of nitro benzene ring substituents is 1. The first-order valence-electron chi connectivity index (χ1n) is 5.01. The number of rotatable bonds is 4. The van der Waals surface area contributed by atoms with E-state index in [0.717, 1.165) is 0 Å². The maximum atomic E-state index is 11.3. The van der Waals surface area contributed by atoms with Gasteiger partial charge in [0.2, 0.25) is 5.91 Å². The van der Waals surface area contributed by atoms with Gasteiger partial charge in [0.15, 0.2) is 5.13 Å². The molecule has 1 heterocycles. The van der Waals surface area contributed by atoms with Gasteiger partial charge in [0.1, 0.15) is 0 Å². The molecular weight excluding hydrogens is 278 g/mol. The summed E-state index contributed by atoms with van der Waals surface area (Å²) in [6.45, 7) is 0. The number of carbonyl (C=O) groups is 1. The number of alkyl halides is 1. The zero-order chi connectivity index (χ0) is 13.1. The summed E-state index contributed by atoms with van der Waals surface area (Å²) < 4.78 is 0.658. The van der Waals surface area contributed by atoms with Crippen LogP contribution < -0.4 is 5.32 Å². The van der Waals surface area contributed by atoms with Gasteiger partial charge in [0.05, 0.1) is 15.1 Å². The molecule has 18 heavy (non-hydrogen) atoms. The largest absolute Gasteiger partial charge is 0.302 e. The first-order valence-corrected chi connectivity index (χ1v) is 6.36. The Morgan fingerprint density at radius 1 is 1.56 bits per heavy atom. The molecule has 0 aliphatic carbocycles. The van der Waals surface area contributed by atoms with Crippen LogP contribution in [0.2, 0.25) is 0 Å². The van der Waals surface area contributed by atoms with Crippen molar-refractivity contribution in [2.75, 3.05) is 11.2 Å². The van der Waals surface area contributed by atoms with Crippen LogP contribution in [0.5, 0.6) is 0 Å². The average Bonchev–Trinajstić information content (AvgIpc) is 2.69. The van der Waals surface area contributed by atoms with E-state index in [1.165, 1.54) is 23.5 Å². The summed E-state index contributed by atoms with van der Waals surface area (Å²) in [6.07, 6.45) is 0.206. The second-order valence-corrected chi connectivity index (χ2v) is 4.82. The maximum Gasteiger partial charge on any atom is 0.270 e. The first-order chi connectivity index (χ1) is 8.60. The Bertz CT molecular complexity index is 613. The van der Waals surface area contributed by atoms with Crippen LogP contribution in [0.3, 0.4) is 0 Å². The fraction of sp³-hybridized carbons (Fsp3) is 0.200. The number of nitro groups is 1. The number of hydrogen-bond donors (Lipinski definition) is 1. The molecular formula is C10H8ClN3O3S. The number of thiazole rings is 1. The average molecular weight is 286 g/mol. The lowest BCUT2D eigenvalue weighted by molar-refractivity contribution is -0.384. The minimum atomic E-state index is -0.467. The summed E-state index contributed by atoms with van der Waals surface area (Å²) in [6, 6.07) is 4.37. The number of hydrogen-bond acceptors (Lipinski definition) is 5. The number of carbonyl (C=O) groups excluding carboxylic acids is 1. The van der Waals surface area contributed by atoms with Crippen molar-refractivity contribution in [2.24, 2.45) is 0 Å². The predicted molar refractivity (Wildman–Crippen MR) is 70.2 cm³/mol. The molecule has 2 aromatic rings. The van der Waals surface area contributed by atoms with Crippen molar-refractivity contribution in [2.45, 2.75) is 6.42 Å². The molecule has 0 spiro atoms. The molecule has 1 N–H and O–H groups in total. The van der Waals surface area contributed by atoms with Crippen molar-refractivity contribution in [3.8, 4) is 0 Å². The molecule has 2 rings (SSSR count). The predicted octanol–water partition coefficient (Wildman–Crippen LogP) is 2.77. The highest BCUT2D eigenvalue weighted by molar-refractivity contribution is 7.22. The summed E-state index contributed by atoms with van der Waals surface area (Å²) in [5, 5.41) is 13.6. The number of aromatic nitrogens is 1. The lowest BCUT2D eigenvalue weighted by atomic mass is 10.3. The first kappa shape index (κ1) is 12.7. The molecule has 0 bridgehead atoms. The summed E-state index contributed by atoms with van der Waals surface area (Å²) >= 11 is 6.64. The van der Waals surface area contributed by atoms with E-state index in [2.05, 4.69) is 10.3 Å². The Balaban J connectivity index is 2.27. The molecule has 6 nitrogen and oxygen atoms in total. The van der Waals surface area contributed by atoms with Gasteiger partial charge in [-0.25, -0.2) is 4.98 Å². The second-order valence-electron chi connectivity index (χ2n) is 3.42. The van der Waals surface area contributed by atoms with Gasteiger partial charge in [-0.3, -0.25) is 14.9 Å². The molecule has 8 heteroatoms. The summed E-state index contributed by atoms with van der Waals surface area (Å²) in [5.41, 5.74) is 0.622. The Hall–Kier alpha value is -1.73. The zero-order valence-corrected chi connectivity index (χ0v) is 10.6. The number of benzene rings is 1. The topological polar surface area (TPSA) is 85.1 Å². The standard InChI is InChI=1S/C10H8ClN3O3S/c11-4-3-9(15)13-10-12-7-2-1-6(14(16)17)5-8(7)18-10/h1-2,5H,3-4H2,(H,12,13,15). The molecule has 94 valence electrons. The molecule has 0 saturated heterocycles. The maximum absolute atomic E-state index is 11.3. The van der Waals surface area contributed by atoms with E-state index in [0.29, 0.717) is 15.3 Å². The minimum Gasteiger partial charge on any atom is -0.302 e. The Labute approximate surface area is 111 Å². The van der Waals surface area contributed by atoms with Gasteiger partial charge in [-0.15, -0.1) is 11.6 Å². The third-order valence-corrected chi connectivity index (χ3v) is 3.27. The number of halogens is 1. The molecule has 0 aliphatic heterocycles. The molecule has 0 fully saturated rings. The van der Waals surface area contributed by atoms with Crippen LogP contribution in [0.1, 0.15) is 6.42 Å². The van der Waals surface area contributed by atoms with Crippen molar-refractivity contribution < 1.29 is 9.72 Å². The summed E-state index contributed by atoms with van der Waals surface area (Å²) in [7, 11) is 0. The van der Waals surface area contributed by atoms with Gasteiger partial charge in [-0.1, -0.05) is 11.3 Å². The van der Waals surface area contributed by atoms with E-state index in [4.69, 9.17) is 11.6 Å². The van der Waals surface area contributed by atoms with Crippen molar-refractivity contribution in [3.63, 3.8) is 0 Å². The van der Waals surface area contributed by atoms with Crippen LogP contribution in [-0.4, -0.2) is 21.7 Å². The molecule has 0 unspecified atom stereocenters. The lowest BCUT2D eigenvalue weighted by Crippen LogP contribution is -2.11. The third-order valence-electron chi connectivity index (χ3n) is 2.15. The van der Waals surface area contributed by atoms with Crippen molar-refractivity contribution in [3.05, 3.63) is 28.3 Å². The van der Waals surface area contributed by atoms with E-state index in [1.54, 1.807) is 6.07 Å². The van der Waals surface area contributed by atoms with Crippen LogP contribution in [-0.2, 0) is 4.79 Å². The summed E-state index contributed by atoms with van der Waals surface area (Å²) in [5.74, 6) is 0.0147. The fourth-order valence-corrected chi connectivity index (χ4v) is 2.43. The van der Waals surface area contributed by atoms with Crippen molar-refractivity contribution in [1.29, 1.82) is 0 Å². The Morgan fingerprint density at radius 3 is 3.00 bits per heavy atom. The molecule has 1 aromatic heterocycles. The molecule has 1 aromatic carbocycles. The van der Waals surface area contributed by atoms with Gasteiger partial charge in [-0.2, -0.15) is 0 Å². The number of nitrogens with zero attached hydrogens (tertiary/aromatic N) is 2. The second kappa shape index (κ2) is 5.28. The highest BCUT2D eigenvalue weighted by Gasteiger charge is 2.11. The minimum absolute atomic E-state index is 0.00443. The van der Waals surface area contributed by atoms with E-state index in [9.17, 15) is 14.9 Å². The lowest BCUT2D eigenvalue weighted by Gasteiger charge is -1.96. The molecule has 0 radical (unpaired) electrons. The Kier molecular flexibility index (Phi) is 3.73. The SMILES string of the molecule is O=C(CCCl)Nc1nc2ccc([N+](=O)[O-])cc2s1. The van der Waals surface area contributed by atoms with E-state index in [-0.39, 0.29) is 23.9 Å². The third kappa shape index (κ3) is 2.74. The highest BCUT2D eigenvalue weighted by atomic mass is 35.5. The van der Waals surface area contributed by atoms with E-state index >= 15 is 0 Å². The number of nitrogens with one attached hydrogen (secondary N) is 1. The number of amides is 1. The van der Waals surface area contributed by atoms with E-state index in [1.807, 2.05) is 0 Å². The quantitative estimate of drug-likeness (QED) is 0.532. The molecule has 0 saturated carbocycles. The summed E-state index contributed by atoms with van der Waals surface area (Å²) in [4.78, 5) is 25.6. The highest BCUT2D eigenvalue weighted by Crippen LogP contribution is 2.29. The Morgan fingerprint density at radius 2 is 2.33 bits per heavy atom. The fourth-order valence-electron chi connectivity index (χ4n) is 1.35. The molecule has 1 amide bonds. The van der Waals surface area contributed by atoms with Crippen LogP contribution in [0.15, 0.2) is 18.2 Å². The van der Waals surface area contributed by atoms with Crippen LogP contribution >= 0.6 is 22.9 Å². The van der Waals surface area contributed by atoms with Crippen LogP contribution in [0.4, 0.5) is 10.8 Å². The van der Waals surface area contributed by atoms with E-state index < -0.39 is 4.92 Å². The smallest absolute Gasteiger partial charge is 0.270 e. The monoisotopic (exact) mass is 285 g/mol. The molecule has 0 aliphatic rings. The van der Waals surface area contributed by atoms with Crippen molar-refractivity contribution in [1.82, 2.24) is 4.98 Å². The van der Waals surface area contributed by atoms with Gasteiger partial charge < -0.3 is 5.32 Å². The van der Waals surface area contributed by atoms with Gasteiger partial charge in [0.25, 0.3) is 5.69 Å². The molecule has 0 atom stereocenters. The van der Waals surface area contributed by atoms with Gasteiger partial charge in [0, 0.05) is 24.4 Å². The number of anilines is 1.